The Hall–Kier alpha value is -1.07. The molecule has 0 unspecified atom stereocenters. The third kappa shape index (κ3) is 3.99. The highest BCUT2D eigenvalue weighted by atomic mass is 32.2. The molecule has 1 aliphatic heterocycles. The highest BCUT2D eigenvalue weighted by molar-refractivity contribution is 7.99. The fourth-order valence-corrected chi connectivity index (χ4v) is 2.84. The summed E-state index contributed by atoms with van der Waals surface area (Å²) in [7, 11) is 0. The number of nitrogens with one attached hydrogen (secondary N) is 1. The molecule has 0 atom stereocenters. The SMILES string of the molecule is O=C(CN1CCCSCC1)Nc1ccccc1F. The molecular weight excluding hydrogens is 251 g/mol. The van der Waals surface area contributed by atoms with Crippen molar-refractivity contribution >= 4 is 23.4 Å². The molecule has 0 radical (unpaired) electrons. The number of halogens is 1. The lowest BCUT2D eigenvalue weighted by molar-refractivity contribution is -0.117. The Morgan fingerprint density at radius 3 is 3.00 bits per heavy atom. The zero-order chi connectivity index (χ0) is 12.8. The Bertz CT molecular complexity index is 406. The number of amides is 1. The summed E-state index contributed by atoms with van der Waals surface area (Å²) in [5.74, 6) is 1.68. The van der Waals surface area contributed by atoms with E-state index in [4.69, 9.17) is 0 Å². The van der Waals surface area contributed by atoms with Crippen molar-refractivity contribution in [1.82, 2.24) is 4.90 Å². The first-order chi connectivity index (χ1) is 8.75. The van der Waals surface area contributed by atoms with Gasteiger partial charge in [-0.15, -0.1) is 0 Å². The van der Waals surface area contributed by atoms with Gasteiger partial charge in [0.2, 0.25) is 5.91 Å². The number of para-hydroxylation sites is 1. The predicted octanol–water partition coefficient (Wildman–Crippen LogP) is 2.20. The maximum Gasteiger partial charge on any atom is 0.238 e. The highest BCUT2D eigenvalue weighted by Crippen LogP contribution is 2.13. The number of benzene rings is 1. The third-order valence-corrected chi connectivity index (χ3v) is 3.88. The van der Waals surface area contributed by atoms with Crippen molar-refractivity contribution in [1.29, 1.82) is 0 Å². The molecule has 5 heteroatoms. The second kappa shape index (κ2) is 6.75. The highest BCUT2D eigenvalue weighted by Gasteiger charge is 2.14. The van der Waals surface area contributed by atoms with Crippen LogP contribution in [0.2, 0.25) is 0 Å². The van der Waals surface area contributed by atoms with Crippen LogP contribution in [0.25, 0.3) is 0 Å². The van der Waals surface area contributed by atoms with E-state index in [0.29, 0.717) is 6.54 Å². The first kappa shape index (κ1) is 13.4. The van der Waals surface area contributed by atoms with Crippen LogP contribution in [0.15, 0.2) is 24.3 Å². The molecular formula is C13H17FN2OS. The van der Waals surface area contributed by atoms with Gasteiger partial charge < -0.3 is 5.32 Å². The first-order valence-electron chi connectivity index (χ1n) is 6.10. The van der Waals surface area contributed by atoms with E-state index in [1.54, 1.807) is 18.2 Å². The smallest absolute Gasteiger partial charge is 0.238 e. The molecule has 18 heavy (non-hydrogen) atoms. The van der Waals surface area contributed by atoms with Gasteiger partial charge in [-0.2, -0.15) is 11.8 Å². The van der Waals surface area contributed by atoms with Crippen LogP contribution in [0, 0.1) is 5.82 Å². The molecule has 0 saturated carbocycles. The third-order valence-electron chi connectivity index (χ3n) is 2.83. The fourth-order valence-electron chi connectivity index (χ4n) is 1.91. The lowest BCUT2D eigenvalue weighted by Gasteiger charge is -2.18. The first-order valence-corrected chi connectivity index (χ1v) is 7.25. The van der Waals surface area contributed by atoms with Crippen LogP contribution in [0.4, 0.5) is 10.1 Å². The van der Waals surface area contributed by atoms with Crippen LogP contribution in [-0.4, -0.2) is 41.9 Å². The summed E-state index contributed by atoms with van der Waals surface area (Å²) in [4.78, 5) is 13.9. The van der Waals surface area contributed by atoms with Crippen molar-refractivity contribution in [2.45, 2.75) is 6.42 Å². The van der Waals surface area contributed by atoms with E-state index >= 15 is 0 Å². The van der Waals surface area contributed by atoms with Gasteiger partial charge in [0.15, 0.2) is 0 Å². The maximum atomic E-state index is 13.4. The Labute approximate surface area is 111 Å². The largest absolute Gasteiger partial charge is 0.322 e. The molecule has 1 aliphatic rings. The van der Waals surface area contributed by atoms with E-state index in [9.17, 15) is 9.18 Å². The molecule has 1 heterocycles. The quantitative estimate of drug-likeness (QED) is 0.912. The summed E-state index contributed by atoms with van der Waals surface area (Å²) in [6, 6.07) is 6.24. The van der Waals surface area contributed by atoms with Crippen LogP contribution in [0.1, 0.15) is 6.42 Å². The molecule has 1 aromatic rings. The molecule has 0 spiro atoms. The zero-order valence-corrected chi connectivity index (χ0v) is 11.0. The van der Waals surface area contributed by atoms with Gasteiger partial charge in [0.1, 0.15) is 5.82 Å². The number of rotatable bonds is 3. The normalized spacial score (nSPS) is 17.2. The number of carbonyl (C=O) groups excluding carboxylic acids is 1. The van der Waals surface area contributed by atoms with Crippen molar-refractivity contribution < 1.29 is 9.18 Å². The average Bonchev–Trinajstić information content (AvgIpc) is 2.61. The predicted molar refractivity (Wildman–Crippen MR) is 73.4 cm³/mol. The van der Waals surface area contributed by atoms with Crippen LogP contribution in [0.5, 0.6) is 0 Å². The van der Waals surface area contributed by atoms with Crippen LogP contribution < -0.4 is 5.32 Å². The van der Waals surface area contributed by atoms with Gasteiger partial charge >= 0.3 is 0 Å². The number of hydrogen-bond donors (Lipinski definition) is 1. The summed E-state index contributed by atoms with van der Waals surface area (Å²) >= 11 is 1.92. The molecule has 1 N–H and O–H groups in total. The molecule has 1 amide bonds. The Morgan fingerprint density at radius 1 is 1.33 bits per heavy atom. The summed E-state index contributed by atoms with van der Waals surface area (Å²) in [5, 5.41) is 2.62. The topological polar surface area (TPSA) is 32.3 Å². The van der Waals surface area contributed by atoms with Crippen molar-refractivity contribution in [2.75, 3.05) is 36.5 Å². The van der Waals surface area contributed by atoms with Crippen molar-refractivity contribution in [3.8, 4) is 0 Å². The monoisotopic (exact) mass is 268 g/mol. The summed E-state index contributed by atoms with van der Waals surface area (Å²) in [5.41, 5.74) is 0.256. The van der Waals surface area contributed by atoms with E-state index < -0.39 is 5.82 Å². The molecule has 2 rings (SSSR count). The second-order valence-electron chi connectivity index (χ2n) is 4.27. The number of nitrogens with zero attached hydrogens (tertiary/aromatic N) is 1. The molecule has 98 valence electrons. The molecule has 0 aromatic heterocycles. The maximum absolute atomic E-state index is 13.4. The van der Waals surface area contributed by atoms with Crippen molar-refractivity contribution in [2.24, 2.45) is 0 Å². The lowest BCUT2D eigenvalue weighted by Crippen LogP contribution is -2.34. The zero-order valence-electron chi connectivity index (χ0n) is 10.2. The van der Waals surface area contributed by atoms with Gasteiger partial charge in [-0.3, -0.25) is 9.69 Å². The van der Waals surface area contributed by atoms with Crippen molar-refractivity contribution in [3.63, 3.8) is 0 Å². The van der Waals surface area contributed by atoms with Gasteiger partial charge in [0.25, 0.3) is 0 Å². The summed E-state index contributed by atoms with van der Waals surface area (Å²) in [6.07, 6.45) is 1.11. The van der Waals surface area contributed by atoms with E-state index in [2.05, 4.69) is 10.2 Å². The minimum Gasteiger partial charge on any atom is -0.322 e. The molecule has 1 aromatic carbocycles. The average molecular weight is 268 g/mol. The van der Waals surface area contributed by atoms with E-state index in [0.717, 1.165) is 31.0 Å². The number of thioether (sulfide) groups is 1. The van der Waals surface area contributed by atoms with Gasteiger partial charge in [-0.1, -0.05) is 12.1 Å². The molecule has 1 fully saturated rings. The van der Waals surface area contributed by atoms with Gasteiger partial charge in [0.05, 0.1) is 12.2 Å². The number of anilines is 1. The van der Waals surface area contributed by atoms with E-state index in [1.807, 2.05) is 11.8 Å². The molecule has 1 saturated heterocycles. The molecule has 3 nitrogen and oxygen atoms in total. The number of hydrogen-bond acceptors (Lipinski definition) is 3. The van der Waals surface area contributed by atoms with E-state index in [-0.39, 0.29) is 11.6 Å². The Morgan fingerprint density at radius 2 is 2.17 bits per heavy atom. The van der Waals surface area contributed by atoms with Gasteiger partial charge in [-0.25, -0.2) is 4.39 Å². The summed E-state index contributed by atoms with van der Waals surface area (Å²) < 4.78 is 13.4. The molecule has 0 aliphatic carbocycles. The minimum absolute atomic E-state index is 0.146. The number of carbonyl (C=O) groups is 1. The van der Waals surface area contributed by atoms with Crippen LogP contribution >= 0.6 is 11.8 Å². The van der Waals surface area contributed by atoms with Gasteiger partial charge in [-0.05, 0) is 30.9 Å². The second-order valence-corrected chi connectivity index (χ2v) is 5.49. The van der Waals surface area contributed by atoms with Crippen LogP contribution in [0.3, 0.4) is 0 Å². The van der Waals surface area contributed by atoms with Crippen LogP contribution in [-0.2, 0) is 4.79 Å². The Balaban J connectivity index is 1.86. The Kier molecular flexibility index (Phi) is 5.01. The fraction of sp³-hybridized carbons (Fsp3) is 0.462. The standard InChI is InChI=1S/C13H17FN2OS/c14-11-4-1-2-5-12(11)15-13(17)10-16-6-3-8-18-9-7-16/h1-2,4-5H,3,6-10H2,(H,15,17). The lowest BCUT2D eigenvalue weighted by atomic mass is 10.3. The van der Waals surface area contributed by atoms with E-state index in [1.165, 1.54) is 6.07 Å². The van der Waals surface area contributed by atoms with Crippen molar-refractivity contribution in [3.05, 3.63) is 30.1 Å². The minimum atomic E-state index is -0.391. The molecule has 0 bridgehead atoms. The van der Waals surface area contributed by atoms with Gasteiger partial charge in [0, 0.05) is 12.3 Å². The summed E-state index contributed by atoms with van der Waals surface area (Å²) in [6.45, 7) is 2.21.